The van der Waals surface area contributed by atoms with Crippen molar-refractivity contribution < 1.29 is 9.50 Å². The van der Waals surface area contributed by atoms with Crippen LogP contribution in [0.2, 0.25) is 0 Å². The molecule has 0 amide bonds. The molecule has 0 unspecified atom stereocenters. The highest BCUT2D eigenvalue weighted by Crippen LogP contribution is 2.34. The minimum atomic E-state index is -0.240. The van der Waals surface area contributed by atoms with Crippen molar-refractivity contribution >= 4 is 21.5 Å². The van der Waals surface area contributed by atoms with E-state index in [0.717, 1.165) is 40.4 Å². The van der Waals surface area contributed by atoms with Gasteiger partial charge in [-0.15, -0.1) is 0 Å². The monoisotopic (exact) mass is 270 g/mol. The van der Waals surface area contributed by atoms with E-state index in [4.69, 9.17) is 0 Å². The van der Waals surface area contributed by atoms with Crippen molar-refractivity contribution in [3.63, 3.8) is 0 Å². The summed E-state index contributed by atoms with van der Waals surface area (Å²) in [6.07, 6.45) is 2.92. The first kappa shape index (κ1) is 10.8. The molecule has 1 aliphatic rings. The first-order valence-corrected chi connectivity index (χ1v) is 5.78. The fourth-order valence-electron chi connectivity index (χ4n) is 2.06. The quantitative estimate of drug-likeness (QED) is 0.872. The predicted octanol–water partition coefficient (Wildman–Crippen LogP) is 3.52. The van der Waals surface area contributed by atoms with Gasteiger partial charge in [0.2, 0.25) is 0 Å². The van der Waals surface area contributed by atoms with Crippen molar-refractivity contribution in [2.75, 3.05) is 6.61 Å². The third kappa shape index (κ3) is 2.29. The van der Waals surface area contributed by atoms with Crippen LogP contribution >= 0.6 is 15.9 Å². The zero-order chi connectivity index (χ0) is 10.8. The maximum absolute atomic E-state index is 13.2. The number of aliphatic hydroxyl groups is 1. The molecule has 80 valence electrons. The van der Waals surface area contributed by atoms with Gasteiger partial charge in [0.15, 0.2) is 0 Å². The molecule has 0 heterocycles. The second-order valence-electron chi connectivity index (χ2n) is 3.75. The topological polar surface area (TPSA) is 20.2 Å². The minimum Gasteiger partial charge on any atom is -0.392 e. The molecule has 1 aromatic carbocycles. The summed E-state index contributed by atoms with van der Waals surface area (Å²) in [6.45, 7) is 0.0868. The van der Waals surface area contributed by atoms with Crippen LogP contribution in [0.4, 0.5) is 4.39 Å². The molecule has 0 radical (unpaired) electrons. The molecule has 3 heteroatoms. The lowest BCUT2D eigenvalue weighted by molar-refractivity contribution is 0.329. The van der Waals surface area contributed by atoms with Crippen LogP contribution in [-0.2, 0) is 0 Å². The molecule has 0 spiro atoms. The molecule has 0 aromatic heterocycles. The average molecular weight is 271 g/mol. The molecule has 0 saturated carbocycles. The summed E-state index contributed by atoms with van der Waals surface area (Å²) in [5, 5.41) is 9.17. The van der Waals surface area contributed by atoms with Gasteiger partial charge in [-0.3, -0.25) is 0 Å². The Morgan fingerprint density at radius 1 is 1.27 bits per heavy atom. The van der Waals surface area contributed by atoms with E-state index in [2.05, 4.69) is 15.9 Å². The van der Waals surface area contributed by atoms with Crippen molar-refractivity contribution in [2.45, 2.75) is 19.3 Å². The van der Waals surface area contributed by atoms with E-state index in [1.165, 1.54) is 12.1 Å². The van der Waals surface area contributed by atoms with Crippen LogP contribution in [0.25, 0.3) is 5.57 Å². The third-order valence-electron chi connectivity index (χ3n) is 2.73. The van der Waals surface area contributed by atoms with Crippen LogP contribution in [-0.4, -0.2) is 11.7 Å². The van der Waals surface area contributed by atoms with Gasteiger partial charge in [0, 0.05) is 4.47 Å². The zero-order valence-electron chi connectivity index (χ0n) is 8.26. The zero-order valence-corrected chi connectivity index (χ0v) is 9.85. The van der Waals surface area contributed by atoms with Gasteiger partial charge in [0.05, 0.1) is 6.61 Å². The highest BCUT2D eigenvalue weighted by atomic mass is 79.9. The Bertz CT molecular complexity index is 392. The number of hydrogen-bond donors (Lipinski definition) is 1. The molecule has 0 atom stereocenters. The lowest BCUT2D eigenvalue weighted by Gasteiger charge is -2.06. The maximum Gasteiger partial charge on any atom is 0.124 e. The summed E-state index contributed by atoms with van der Waals surface area (Å²) in [6, 6.07) is 4.87. The first-order valence-electron chi connectivity index (χ1n) is 4.99. The largest absolute Gasteiger partial charge is 0.392 e. The molecule has 0 saturated heterocycles. The van der Waals surface area contributed by atoms with E-state index in [1.54, 1.807) is 0 Å². The number of rotatable bonds is 2. The molecule has 0 aliphatic heterocycles. The van der Waals surface area contributed by atoms with Gasteiger partial charge in [-0.05, 0) is 54.2 Å². The van der Waals surface area contributed by atoms with Gasteiger partial charge >= 0.3 is 0 Å². The highest BCUT2D eigenvalue weighted by molar-refractivity contribution is 9.10. The van der Waals surface area contributed by atoms with Crippen molar-refractivity contribution in [3.8, 4) is 0 Å². The molecule has 1 nitrogen and oxygen atoms in total. The van der Waals surface area contributed by atoms with Gasteiger partial charge in [-0.1, -0.05) is 15.9 Å². The lowest BCUT2D eigenvalue weighted by Crippen LogP contribution is -1.91. The van der Waals surface area contributed by atoms with Gasteiger partial charge in [-0.25, -0.2) is 4.39 Å². The van der Waals surface area contributed by atoms with Crippen molar-refractivity contribution in [2.24, 2.45) is 0 Å². The van der Waals surface area contributed by atoms with Crippen molar-refractivity contribution in [1.82, 2.24) is 0 Å². The Labute approximate surface area is 96.8 Å². The fourth-order valence-corrected chi connectivity index (χ4v) is 2.52. The molecule has 0 bridgehead atoms. The molecular formula is C12H12BrFO. The number of hydrogen-bond acceptors (Lipinski definition) is 1. The summed E-state index contributed by atoms with van der Waals surface area (Å²) >= 11 is 3.28. The fraction of sp³-hybridized carbons (Fsp3) is 0.333. The first-order chi connectivity index (χ1) is 7.20. The standard InChI is InChI=1S/C12H12BrFO/c13-10-4-9(5-11(14)6-10)12-3-1-2-8(12)7-15/h4-6,15H,1-3,7H2. The van der Waals surface area contributed by atoms with Crippen LogP contribution < -0.4 is 0 Å². The molecule has 2 rings (SSSR count). The Kier molecular flexibility index (Phi) is 3.22. The Morgan fingerprint density at radius 2 is 2.07 bits per heavy atom. The molecule has 1 aromatic rings. The van der Waals surface area contributed by atoms with Gasteiger partial charge < -0.3 is 5.11 Å². The summed E-state index contributed by atoms with van der Waals surface area (Å²) in [4.78, 5) is 0. The molecular weight excluding hydrogens is 259 g/mol. The van der Waals surface area contributed by atoms with E-state index in [-0.39, 0.29) is 12.4 Å². The van der Waals surface area contributed by atoms with Crippen molar-refractivity contribution in [3.05, 3.63) is 39.6 Å². The number of aliphatic hydroxyl groups excluding tert-OH is 1. The SMILES string of the molecule is OCC1=C(c2cc(F)cc(Br)c2)CCC1. The number of allylic oxidation sites excluding steroid dienone is 1. The van der Waals surface area contributed by atoms with Gasteiger partial charge in [0.1, 0.15) is 5.82 Å². The van der Waals surface area contributed by atoms with E-state index in [9.17, 15) is 9.50 Å². The smallest absolute Gasteiger partial charge is 0.124 e. The molecule has 1 aliphatic carbocycles. The second-order valence-corrected chi connectivity index (χ2v) is 4.67. The molecule has 15 heavy (non-hydrogen) atoms. The minimum absolute atomic E-state index is 0.0868. The Morgan fingerprint density at radius 3 is 2.73 bits per heavy atom. The molecule has 1 N–H and O–H groups in total. The van der Waals surface area contributed by atoms with E-state index in [1.807, 2.05) is 6.07 Å². The number of halogens is 2. The lowest BCUT2D eigenvalue weighted by atomic mass is 10.0. The Hall–Kier alpha value is -0.670. The highest BCUT2D eigenvalue weighted by Gasteiger charge is 2.16. The van der Waals surface area contributed by atoms with Crippen LogP contribution in [0.1, 0.15) is 24.8 Å². The predicted molar refractivity (Wildman–Crippen MR) is 62.0 cm³/mol. The van der Waals surface area contributed by atoms with Crippen molar-refractivity contribution in [1.29, 1.82) is 0 Å². The summed E-state index contributed by atoms with van der Waals surface area (Å²) < 4.78 is 13.9. The van der Waals surface area contributed by atoms with E-state index in [0.29, 0.717) is 0 Å². The van der Waals surface area contributed by atoms with E-state index < -0.39 is 0 Å². The van der Waals surface area contributed by atoms with Crippen LogP contribution in [0.15, 0.2) is 28.2 Å². The van der Waals surface area contributed by atoms with Crippen LogP contribution in [0, 0.1) is 5.82 Å². The summed E-state index contributed by atoms with van der Waals surface area (Å²) in [7, 11) is 0. The second kappa shape index (κ2) is 4.45. The van der Waals surface area contributed by atoms with Gasteiger partial charge in [-0.2, -0.15) is 0 Å². The van der Waals surface area contributed by atoms with E-state index >= 15 is 0 Å². The Balaban J connectivity index is 2.44. The normalized spacial score (nSPS) is 16.2. The van der Waals surface area contributed by atoms with Gasteiger partial charge in [0.25, 0.3) is 0 Å². The van der Waals surface area contributed by atoms with Crippen LogP contribution in [0.5, 0.6) is 0 Å². The summed E-state index contributed by atoms with van der Waals surface area (Å²) in [5.41, 5.74) is 3.05. The van der Waals surface area contributed by atoms with Crippen LogP contribution in [0.3, 0.4) is 0 Å². The number of benzene rings is 1. The summed E-state index contributed by atoms with van der Waals surface area (Å²) in [5.74, 6) is -0.240. The average Bonchev–Trinajstić information content (AvgIpc) is 2.63. The maximum atomic E-state index is 13.2. The molecule has 0 fully saturated rings. The third-order valence-corrected chi connectivity index (χ3v) is 3.19.